The van der Waals surface area contributed by atoms with Crippen LogP contribution in [0, 0.1) is 5.92 Å². The van der Waals surface area contributed by atoms with Gasteiger partial charge in [-0.2, -0.15) is 0 Å². The van der Waals surface area contributed by atoms with Crippen molar-refractivity contribution in [2.75, 3.05) is 66.5 Å². The minimum Gasteiger partial charge on any atom is -0.330 e. The highest BCUT2D eigenvalue weighted by molar-refractivity contribution is 4.74. The molecule has 0 aliphatic carbocycles. The zero-order chi connectivity index (χ0) is 12.0. The summed E-state index contributed by atoms with van der Waals surface area (Å²) in [5.41, 5.74) is 5.65. The maximum atomic E-state index is 5.65. The van der Waals surface area contributed by atoms with Crippen molar-refractivity contribution in [1.82, 2.24) is 14.7 Å². The van der Waals surface area contributed by atoms with Gasteiger partial charge in [0, 0.05) is 45.8 Å². The van der Waals surface area contributed by atoms with Crippen LogP contribution in [0.25, 0.3) is 0 Å². The van der Waals surface area contributed by atoms with E-state index in [1.807, 2.05) is 0 Å². The SMILES string of the molecule is CC(CN)CN1CCN(CCN(C)C)CC1. The Morgan fingerprint density at radius 3 is 2.19 bits per heavy atom. The van der Waals surface area contributed by atoms with Crippen LogP contribution in [0.2, 0.25) is 0 Å². The molecule has 96 valence electrons. The zero-order valence-electron chi connectivity index (χ0n) is 11.2. The first-order valence-electron chi connectivity index (χ1n) is 6.41. The van der Waals surface area contributed by atoms with Crippen molar-refractivity contribution in [3.8, 4) is 0 Å². The summed E-state index contributed by atoms with van der Waals surface area (Å²) in [6, 6.07) is 0. The summed E-state index contributed by atoms with van der Waals surface area (Å²) in [7, 11) is 4.28. The normalized spacial score (nSPS) is 21.6. The Hall–Kier alpha value is -0.160. The summed E-state index contributed by atoms with van der Waals surface area (Å²) in [4.78, 5) is 7.36. The van der Waals surface area contributed by atoms with Crippen LogP contribution in [0.3, 0.4) is 0 Å². The average molecular weight is 228 g/mol. The van der Waals surface area contributed by atoms with Crippen LogP contribution in [0.1, 0.15) is 6.92 Å². The molecule has 1 aliphatic rings. The maximum absolute atomic E-state index is 5.65. The summed E-state index contributed by atoms with van der Waals surface area (Å²) in [5.74, 6) is 0.633. The fourth-order valence-electron chi connectivity index (χ4n) is 2.05. The number of piperazine rings is 1. The van der Waals surface area contributed by atoms with E-state index in [1.54, 1.807) is 0 Å². The molecule has 1 aliphatic heterocycles. The molecule has 0 bridgehead atoms. The highest BCUT2D eigenvalue weighted by Gasteiger charge is 2.17. The van der Waals surface area contributed by atoms with Gasteiger partial charge in [-0.3, -0.25) is 4.90 Å². The molecular weight excluding hydrogens is 200 g/mol. The number of rotatable bonds is 6. The highest BCUT2D eigenvalue weighted by Crippen LogP contribution is 2.04. The molecule has 0 aromatic carbocycles. The molecule has 1 unspecified atom stereocenters. The van der Waals surface area contributed by atoms with Crippen molar-refractivity contribution in [3.05, 3.63) is 0 Å². The molecule has 1 rings (SSSR count). The Bertz CT molecular complexity index is 176. The number of hydrogen-bond donors (Lipinski definition) is 1. The summed E-state index contributed by atoms with van der Waals surface area (Å²) in [6.45, 7) is 11.4. The van der Waals surface area contributed by atoms with Gasteiger partial charge in [0.2, 0.25) is 0 Å². The van der Waals surface area contributed by atoms with E-state index in [2.05, 4.69) is 35.7 Å². The molecule has 0 spiro atoms. The lowest BCUT2D eigenvalue weighted by Crippen LogP contribution is -2.49. The van der Waals surface area contributed by atoms with Crippen LogP contribution in [-0.2, 0) is 0 Å². The van der Waals surface area contributed by atoms with Crippen LogP contribution in [0.4, 0.5) is 0 Å². The van der Waals surface area contributed by atoms with E-state index in [-0.39, 0.29) is 0 Å². The van der Waals surface area contributed by atoms with Gasteiger partial charge >= 0.3 is 0 Å². The molecule has 2 N–H and O–H groups in total. The van der Waals surface area contributed by atoms with Gasteiger partial charge in [-0.25, -0.2) is 0 Å². The third kappa shape index (κ3) is 5.25. The lowest BCUT2D eigenvalue weighted by molar-refractivity contribution is 0.115. The predicted octanol–water partition coefficient (Wildman–Crippen LogP) is -0.240. The molecule has 4 heteroatoms. The third-order valence-corrected chi connectivity index (χ3v) is 3.30. The molecule has 1 heterocycles. The molecule has 0 aromatic rings. The molecule has 1 saturated heterocycles. The van der Waals surface area contributed by atoms with Crippen molar-refractivity contribution < 1.29 is 0 Å². The molecule has 1 atom stereocenters. The standard InChI is InChI=1S/C12H28N4/c1-12(10-13)11-16-8-6-15(7-9-16)5-4-14(2)3/h12H,4-11,13H2,1-3H3. The Morgan fingerprint density at radius 1 is 1.12 bits per heavy atom. The number of hydrogen-bond acceptors (Lipinski definition) is 4. The van der Waals surface area contributed by atoms with E-state index in [0.29, 0.717) is 5.92 Å². The molecule has 16 heavy (non-hydrogen) atoms. The van der Waals surface area contributed by atoms with E-state index >= 15 is 0 Å². The van der Waals surface area contributed by atoms with Crippen LogP contribution < -0.4 is 5.73 Å². The van der Waals surface area contributed by atoms with Gasteiger partial charge in [0.25, 0.3) is 0 Å². The highest BCUT2D eigenvalue weighted by atomic mass is 15.3. The lowest BCUT2D eigenvalue weighted by Gasteiger charge is -2.36. The summed E-state index contributed by atoms with van der Waals surface area (Å²) in [5, 5.41) is 0. The van der Waals surface area contributed by atoms with E-state index < -0.39 is 0 Å². The molecule has 0 saturated carbocycles. The van der Waals surface area contributed by atoms with Crippen LogP contribution >= 0.6 is 0 Å². The fourth-order valence-corrected chi connectivity index (χ4v) is 2.05. The largest absolute Gasteiger partial charge is 0.330 e. The van der Waals surface area contributed by atoms with Crippen LogP contribution in [-0.4, -0.2) is 81.2 Å². The average Bonchev–Trinajstić information content (AvgIpc) is 2.28. The second-order valence-electron chi connectivity index (χ2n) is 5.29. The van der Waals surface area contributed by atoms with Gasteiger partial charge in [-0.15, -0.1) is 0 Å². The van der Waals surface area contributed by atoms with Gasteiger partial charge < -0.3 is 15.5 Å². The van der Waals surface area contributed by atoms with E-state index in [1.165, 1.54) is 39.3 Å². The monoisotopic (exact) mass is 228 g/mol. The van der Waals surface area contributed by atoms with Gasteiger partial charge in [0.15, 0.2) is 0 Å². The van der Waals surface area contributed by atoms with Crippen LogP contribution in [0.5, 0.6) is 0 Å². The maximum Gasteiger partial charge on any atom is 0.0110 e. The molecule has 0 radical (unpaired) electrons. The zero-order valence-corrected chi connectivity index (χ0v) is 11.2. The van der Waals surface area contributed by atoms with Crippen molar-refractivity contribution in [1.29, 1.82) is 0 Å². The van der Waals surface area contributed by atoms with Gasteiger partial charge in [0.05, 0.1) is 0 Å². The Morgan fingerprint density at radius 2 is 1.69 bits per heavy atom. The van der Waals surface area contributed by atoms with Crippen molar-refractivity contribution >= 4 is 0 Å². The van der Waals surface area contributed by atoms with Gasteiger partial charge in [0.1, 0.15) is 0 Å². The minimum absolute atomic E-state index is 0.633. The molecule has 4 nitrogen and oxygen atoms in total. The fraction of sp³-hybridized carbons (Fsp3) is 1.00. The van der Waals surface area contributed by atoms with Crippen LogP contribution in [0.15, 0.2) is 0 Å². The topological polar surface area (TPSA) is 35.7 Å². The van der Waals surface area contributed by atoms with Gasteiger partial charge in [-0.05, 0) is 26.6 Å². The Balaban J connectivity index is 2.13. The van der Waals surface area contributed by atoms with Gasteiger partial charge in [-0.1, -0.05) is 6.92 Å². The van der Waals surface area contributed by atoms with E-state index in [9.17, 15) is 0 Å². The first kappa shape index (κ1) is 13.9. The van der Waals surface area contributed by atoms with E-state index in [4.69, 9.17) is 5.73 Å². The second kappa shape index (κ2) is 7.22. The Kier molecular flexibility index (Phi) is 6.28. The molecule has 0 amide bonds. The minimum atomic E-state index is 0.633. The summed E-state index contributed by atoms with van der Waals surface area (Å²) >= 11 is 0. The van der Waals surface area contributed by atoms with Crippen molar-refractivity contribution in [3.63, 3.8) is 0 Å². The molecule has 1 fully saturated rings. The summed E-state index contributed by atoms with van der Waals surface area (Å²) < 4.78 is 0. The first-order valence-corrected chi connectivity index (χ1v) is 6.41. The lowest BCUT2D eigenvalue weighted by atomic mass is 10.1. The first-order chi connectivity index (χ1) is 7.61. The second-order valence-corrected chi connectivity index (χ2v) is 5.29. The molecular formula is C12H28N4. The Labute approximate surface area is 100 Å². The quantitative estimate of drug-likeness (QED) is 0.681. The summed E-state index contributed by atoms with van der Waals surface area (Å²) in [6.07, 6.45) is 0. The smallest absolute Gasteiger partial charge is 0.0110 e. The van der Waals surface area contributed by atoms with Crippen molar-refractivity contribution in [2.24, 2.45) is 11.7 Å². The number of nitrogens with zero attached hydrogens (tertiary/aromatic N) is 3. The molecule has 0 aromatic heterocycles. The predicted molar refractivity (Wildman–Crippen MR) is 69.7 cm³/mol. The van der Waals surface area contributed by atoms with Crippen molar-refractivity contribution in [2.45, 2.75) is 6.92 Å². The number of nitrogens with two attached hydrogens (primary N) is 1. The van der Waals surface area contributed by atoms with E-state index in [0.717, 1.165) is 13.1 Å². The number of likely N-dealkylation sites (N-methyl/N-ethyl adjacent to an activating group) is 1. The third-order valence-electron chi connectivity index (χ3n) is 3.30.